The van der Waals surface area contributed by atoms with E-state index in [1.165, 1.54) is 12.8 Å². The van der Waals surface area contributed by atoms with Crippen LogP contribution in [0.2, 0.25) is 0 Å². The van der Waals surface area contributed by atoms with Crippen molar-refractivity contribution < 1.29 is 4.79 Å². The molecule has 1 fully saturated rings. The molecule has 112 valence electrons. The fraction of sp³-hybridized carbons (Fsp3) is 0.938. The summed E-state index contributed by atoms with van der Waals surface area (Å²) in [4.78, 5) is 12.1. The first-order chi connectivity index (χ1) is 8.95. The molecule has 0 aromatic carbocycles. The lowest BCUT2D eigenvalue weighted by Gasteiger charge is -2.36. The minimum absolute atomic E-state index is 0.262. The van der Waals surface area contributed by atoms with Crippen molar-refractivity contribution in [1.29, 1.82) is 0 Å². The van der Waals surface area contributed by atoms with Crippen molar-refractivity contribution in [2.75, 3.05) is 19.6 Å². The van der Waals surface area contributed by atoms with Crippen LogP contribution in [-0.2, 0) is 4.79 Å². The molecular formula is C16H32N2O. The Labute approximate surface area is 118 Å². The van der Waals surface area contributed by atoms with Crippen molar-refractivity contribution in [3.63, 3.8) is 0 Å². The topological polar surface area (TPSA) is 41.1 Å². The summed E-state index contributed by atoms with van der Waals surface area (Å²) in [6.07, 6.45) is 5.58. The van der Waals surface area contributed by atoms with Crippen molar-refractivity contribution in [1.82, 2.24) is 10.6 Å². The van der Waals surface area contributed by atoms with Gasteiger partial charge < -0.3 is 10.6 Å². The van der Waals surface area contributed by atoms with E-state index in [-0.39, 0.29) is 11.8 Å². The third kappa shape index (κ3) is 5.94. The molecule has 3 nitrogen and oxygen atoms in total. The molecule has 0 heterocycles. The SMILES string of the molecule is CCNCCCNC(=O)C1CCC(C(C)(C)C)CC1. The van der Waals surface area contributed by atoms with Crippen LogP contribution in [0.25, 0.3) is 0 Å². The standard InChI is InChI=1S/C16H32N2O/c1-5-17-11-6-12-18-15(19)13-7-9-14(10-8-13)16(2,3)4/h13-14,17H,5-12H2,1-4H3,(H,18,19). The van der Waals surface area contributed by atoms with E-state index >= 15 is 0 Å². The summed E-state index contributed by atoms with van der Waals surface area (Å²) in [5.74, 6) is 1.33. The maximum atomic E-state index is 12.1. The van der Waals surface area contributed by atoms with E-state index in [0.717, 1.165) is 44.8 Å². The van der Waals surface area contributed by atoms with Gasteiger partial charge in [0.2, 0.25) is 5.91 Å². The Hall–Kier alpha value is -0.570. The average molecular weight is 268 g/mol. The molecule has 0 aromatic heterocycles. The van der Waals surface area contributed by atoms with Gasteiger partial charge >= 0.3 is 0 Å². The smallest absolute Gasteiger partial charge is 0.223 e. The normalized spacial score (nSPS) is 24.2. The van der Waals surface area contributed by atoms with Crippen molar-refractivity contribution in [3.8, 4) is 0 Å². The van der Waals surface area contributed by atoms with E-state index in [2.05, 4.69) is 38.3 Å². The molecule has 0 saturated heterocycles. The molecular weight excluding hydrogens is 236 g/mol. The number of amides is 1. The molecule has 3 heteroatoms. The Morgan fingerprint density at radius 1 is 1.11 bits per heavy atom. The lowest BCUT2D eigenvalue weighted by molar-refractivity contribution is -0.126. The second kappa shape index (κ2) is 7.88. The van der Waals surface area contributed by atoms with E-state index in [4.69, 9.17) is 0 Å². The monoisotopic (exact) mass is 268 g/mol. The molecule has 1 aliphatic rings. The van der Waals surface area contributed by atoms with Gasteiger partial charge in [-0.25, -0.2) is 0 Å². The first-order valence-electron chi connectivity index (χ1n) is 7.93. The van der Waals surface area contributed by atoms with Gasteiger partial charge in [-0.05, 0) is 56.5 Å². The van der Waals surface area contributed by atoms with E-state index in [9.17, 15) is 4.79 Å². The average Bonchev–Trinajstić information content (AvgIpc) is 2.37. The maximum absolute atomic E-state index is 12.1. The Balaban J connectivity index is 2.18. The second-order valence-electron chi connectivity index (χ2n) is 6.91. The van der Waals surface area contributed by atoms with Crippen LogP contribution in [0.1, 0.15) is 59.8 Å². The van der Waals surface area contributed by atoms with Gasteiger partial charge in [0.1, 0.15) is 0 Å². The molecule has 0 radical (unpaired) electrons. The van der Waals surface area contributed by atoms with E-state index in [1.807, 2.05) is 0 Å². The number of carbonyl (C=O) groups excluding carboxylic acids is 1. The lowest BCUT2D eigenvalue weighted by atomic mass is 9.69. The van der Waals surface area contributed by atoms with Crippen LogP contribution in [0.15, 0.2) is 0 Å². The number of hydrogen-bond acceptors (Lipinski definition) is 2. The molecule has 19 heavy (non-hydrogen) atoms. The number of carbonyl (C=O) groups is 1. The van der Waals surface area contributed by atoms with Crippen LogP contribution in [0.3, 0.4) is 0 Å². The van der Waals surface area contributed by atoms with Crippen LogP contribution in [0.4, 0.5) is 0 Å². The van der Waals surface area contributed by atoms with E-state index in [1.54, 1.807) is 0 Å². The van der Waals surface area contributed by atoms with Gasteiger partial charge in [0.05, 0.1) is 0 Å². The third-order valence-corrected chi connectivity index (χ3v) is 4.40. The molecule has 0 spiro atoms. The molecule has 1 rings (SSSR count). The Kier molecular flexibility index (Phi) is 6.84. The minimum atomic E-state index is 0.262. The zero-order chi connectivity index (χ0) is 14.3. The van der Waals surface area contributed by atoms with Gasteiger partial charge in [0, 0.05) is 12.5 Å². The van der Waals surface area contributed by atoms with E-state index < -0.39 is 0 Å². The molecule has 1 amide bonds. The van der Waals surface area contributed by atoms with Crippen molar-refractivity contribution in [2.24, 2.45) is 17.3 Å². The Morgan fingerprint density at radius 3 is 2.26 bits per heavy atom. The molecule has 0 aliphatic heterocycles. The van der Waals surface area contributed by atoms with Crippen LogP contribution < -0.4 is 10.6 Å². The predicted octanol–water partition coefficient (Wildman–Crippen LogP) is 2.95. The molecule has 0 unspecified atom stereocenters. The highest BCUT2D eigenvalue weighted by Crippen LogP contribution is 2.39. The summed E-state index contributed by atoms with van der Waals surface area (Å²) < 4.78 is 0. The highest BCUT2D eigenvalue weighted by atomic mass is 16.1. The molecule has 1 saturated carbocycles. The first kappa shape index (κ1) is 16.5. The predicted molar refractivity (Wildman–Crippen MR) is 81.1 cm³/mol. The van der Waals surface area contributed by atoms with Gasteiger partial charge in [0.15, 0.2) is 0 Å². The van der Waals surface area contributed by atoms with E-state index in [0.29, 0.717) is 5.41 Å². The van der Waals surface area contributed by atoms with Crippen molar-refractivity contribution >= 4 is 5.91 Å². The van der Waals surface area contributed by atoms with Crippen molar-refractivity contribution in [2.45, 2.75) is 59.8 Å². The molecule has 1 aliphatic carbocycles. The van der Waals surface area contributed by atoms with Crippen LogP contribution >= 0.6 is 0 Å². The number of nitrogens with one attached hydrogen (secondary N) is 2. The van der Waals surface area contributed by atoms with Gasteiger partial charge in [-0.2, -0.15) is 0 Å². The molecule has 0 bridgehead atoms. The number of hydrogen-bond donors (Lipinski definition) is 2. The summed E-state index contributed by atoms with van der Waals surface area (Å²) in [5.41, 5.74) is 0.396. The molecule has 0 aromatic rings. The summed E-state index contributed by atoms with van der Waals surface area (Å²) >= 11 is 0. The van der Waals surface area contributed by atoms with Crippen molar-refractivity contribution in [3.05, 3.63) is 0 Å². The zero-order valence-corrected chi connectivity index (χ0v) is 13.2. The third-order valence-electron chi connectivity index (χ3n) is 4.40. The molecule has 0 atom stereocenters. The van der Waals surface area contributed by atoms with Gasteiger partial charge in [-0.15, -0.1) is 0 Å². The highest BCUT2D eigenvalue weighted by Gasteiger charge is 2.32. The highest BCUT2D eigenvalue weighted by molar-refractivity contribution is 5.78. The first-order valence-corrected chi connectivity index (χ1v) is 7.93. The largest absolute Gasteiger partial charge is 0.356 e. The minimum Gasteiger partial charge on any atom is -0.356 e. The second-order valence-corrected chi connectivity index (χ2v) is 6.91. The van der Waals surface area contributed by atoms with Crippen LogP contribution in [-0.4, -0.2) is 25.5 Å². The Bertz CT molecular complexity index is 262. The maximum Gasteiger partial charge on any atom is 0.223 e. The quantitative estimate of drug-likeness (QED) is 0.727. The van der Waals surface area contributed by atoms with Gasteiger partial charge in [-0.1, -0.05) is 27.7 Å². The van der Waals surface area contributed by atoms with Gasteiger partial charge in [0.25, 0.3) is 0 Å². The summed E-state index contributed by atoms with van der Waals surface area (Å²) in [7, 11) is 0. The van der Waals surface area contributed by atoms with Crippen LogP contribution in [0.5, 0.6) is 0 Å². The van der Waals surface area contributed by atoms with Crippen LogP contribution in [0, 0.1) is 17.3 Å². The number of rotatable bonds is 6. The summed E-state index contributed by atoms with van der Waals surface area (Å²) in [6.45, 7) is 11.9. The summed E-state index contributed by atoms with van der Waals surface area (Å²) in [6, 6.07) is 0. The fourth-order valence-electron chi connectivity index (χ4n) is 2.97. The molecule has 2 N–H and O–H groups in total. The Morgan fingerprint density at radius 2 is 1.74 bits per heavy atom. The zero-order valence-electron chi connectivity index (χ0n) is 13.2. The van der Waals surface area contributed by atoms with Gasteiger partial charge in [-0.3, -0.25) is 4.79 Å². The lowest BCUT2D eigenvalue weighted by Crippen LogP contribution is -2.36. The fourth-order valence-corrected chi connectivity index (χ4v) is 2.97. The summed E-state index contributed by atoms with van der Waals surface area (Å²) in [5, 5.41) is 6.36.